The van der Waals surface area contributed by atoms with E-state index in [4.69, 9.17) is 5.73 Å². The number of nitrogens with zero attached hydrogens (tertiary/aromatic N) is 1. The highest BCUT2D eigenvalue weighted by atomic mass is 19.1. The second-order valence-electron chi connectivity index (χ2n) is 4.04. The highest BCUT2D eigenvalue weighted by Crippen LogP contribution is 2.23. The van der Waals surface area contributed by atoms with Gasteiger partial charge in [-0.2, -0.15) is 4.39 Å². The van der Waals surface area contributed by atoms with Crippen LogP contribution in [0.1, 0.15) is 26.5 Å². The lowest BCUT2D eigenvalue weighted by Crippen LogP contribution is -2.10. The van der Waals surface area contributed by atoms with Gasteiger partial charge in [0.15, 0.2) is 0 Å². The molecule has 1 aromatic heterocycles. The highest BCUT2D eigenvalue weighted by Gasteiger charge is 2.19. The summed E-state index contributed by atoms with van der Waals surface area (Å²) in [7, 11) is 0. The third-order valence-electron chi connectivity index (χ3n) is 1.42. The lowest BCUT2D eigenvalue weighted by molar-refractivity contribution is 0.375. The first-order valence-corrected chi connectivity index (χ1v) is 3.80. The summed E-state index contributed by atoms with van der Waals surface area (Å²) in [5, 5.41) is 3.53. The lowest BCUT2D eigenvalue weighted by Gasteiger charge is -2.15. The molecule has 0 aliphatic heterocycles. The maximum atomic E-state index is 13.0. The van der Waals surface area contributed by atoms with Crippen LogP contribution in [0.5, 0.6) is 0 Å². The Morgan fingerprint density at radius 2 is 2.08 bits per heavy atom. The molecule has 1 rings (SSSR count). The molecule has 0 aliphatic rings. The Hall–Kier alpha value is -1.06. The Labute approximate surface area is 70.7 Å². The van der Waals surface area contributed by atoms with Crippen molar-refractivity contribution in [2.24, 2.45) is 5.41 Å². The second kappa shape index (κ2) is 2.77. The first-order chi connectivity index (χ1) is 5.40. The average molecular weight is 172 g/mol. The van der Waals surface area contributed by atoms with Crippen molar-refractivity contribution in [2.45, 2.75) is 27.2 Å². The molecule has 1 heterocycles. The van der Waals surface area contributed by atoms with E-state index in [0.717, 1.165) is 0 Å². The van der Waals surface area contributed by atoms with E-state index in [0.29, 0.717) is 12.1 Å². The van der Waals surface area contributed by atoms with E-state index in [1.54, 1.807) is 0 Å². The molecule has 4 heteroatoms. The van der Waals surface area contributed by atoms with Crippen molar-refractivity contribution in [3.8, 4) is 0 Å². The molecular weight excluding hydrogens is 159 g/mol. The highest BCUT2D eigenvalue weighted by molar-refractivity contribution is 5.27. The van der Waals surface area contributed by atoms with Crippen molar-refractivity contribution in [2.75, 3.05) is 5.73 Å². The summed E-state index contributed by atoms with van der Waals surface area (Å²) in [6, 6.07) is 0. The van der Waals surface area contributed by atoms with Crippen LogP contribution in [0.15, 0.2) is 4.52 Å². The quantitative estimate of drug-likeness (QED) is 0.704. The fourth-order valence-corrected chi connectivity index (χ4v) is 0.939. The minimum Gasteiger partial charge on any atom is -0.365 e. The molecule has 12 heavy (non-hydrogen) atoms. The first-order valence-electron chi connectivity index (χ1n) is 3.80. The fourth-order valence-electron chi connectivity index (χ4n) is 0.939. The number of hydrogen-bond acceptors (Lipinski definition) is 3. The molecule has 0 amide bonds. The Balaban J connectivity index is 2.83. The molecule has 1 aromatic rings. The molecule has 0 saturated heterocycles. The Morgan fingerprint density at radius 1 is 1.50 bits per heavy atom. The number of nitrogen functional groups attached to an aromatic ring is 1. The van der Waals surface area contributed by atoms with Gasteiger partial charge in [0.2, 0.25) is 5.82 Å². The van der Waals surface area contributed by atoms with Gasteiger partial charge >= 0.3 is 0 Å². The molecule has 0 bridgehead atoms. The van der Waals surface area contributed by atoms with Crippen LogP contribution in [0, 0.1) is 11.2 Å². The molecule has 0 aromatic carbocycles. The summed E-state index contributed by atoms with van der Waals surface area (Å²) < 4.78 is 17.5. The standard InChI is InChI=1S/C8H13FN2O/c1-8(2,3)4-5-6(9)7(10)12-11-5/h4,10H2,1-3H3. The third kappa shape index (κ3) is 1.96. The number of nitrogens with two attached hydrogens (primary N) is 1. The van der Waals surface area contributed by atoms with Crippen LogP contribution in [0.4, 0.5) is 10.3 Å². The van der Waals surface area contributed by atoms with E-state index in [1.807, 2.05) is 20.8 Å². The molecule has 68 valence electrons. The van der Waals surface area contributed by atoms with Gasteiger partial charge in [0.1, 0.15) is 5.69 Å². The van der Waals surface area contributed by atoms with Crippen molar-refractivity contribution in [3.05, 3.63) is 11.5 Å². The zero-order valence-electron chi connectivity index (χ0n) is 7.52. The third-order valence-corrected chi connectivity index (χ3v) is 1.42. The predicted molar refractivity (Wildman–Crippen MR) is 44.0 cm³/mol. The van der Waals surface area contributed by atoms with E-state index >= 15 is 0 Å². The summed E-state index contributed by atoms with van der Waals surface area (Å²) in [5.74, 6) is -0.751. The smallest absolute Gasteiger partial charge is 0.258 e. The first kappa shape index (κ1) is 9.03. The number of anilines is 1. The molecule has 0 aliphatic carbocycles. The van der Waals surface area contributed by atoms with Gasteiger partial charge in [-0.15, -0.1) is 0 Å². The maximum absolute atomic E-state index is 13.0. The zero-order valence-corrected chi connectivity index (χ0v) is 7.52. The topological polar surface area (TPSA) is 52.0 Å². The molecule has 2 N–H and O–H groups in total. The Kier molecular flexibility index (Phi) is 2.08. The van der Waals surface area contributed by atoms with Crippen molar-refractivity contribution in [1.82, 2.24) is 5.16 Å². The van der Waals surface area contributed by atoms with Gasteiger partial charge in [-0.1, -0.05) is 25.9 Å². The molecule has 0 atom stereocenters. The van der Waals surface area contributed by atoms with Crippen molar-refractivity contribution in [1.29, 1.82) is 0 Å². The summed E-state index contributed by atoms with van der Waals surface area (Å²) >= 11 is 0. The van der Waals surface area contributed by atoms with Crippen molar-refractivity contribution >= 4 is 5.88 Å². The molecule has 0 unspecified atom stereocenters. The largest absolute Gasteiger partial charge is 0.365 e. The number of halogens is 1. The Morgan fingerprint density at radius 3 is 2.42 bits per heavy atom. The second-order valence-corrected chi connectivity index (χ2v) is 4.04. The van der Waals surface area contributed by atoms with E-state index in [2.05, 4.69) is 9.68 Å². The monoisotopic (exact) mass is 172 g/mol. The Bertz CT molecular complexity index is 275. The molecule has 0 spiro atoms. The van der Waals surface area contributed by atoms with Gasteiger partial charge < -0.3 is 10.3 Å². The van der Waals surface area contributed by atoms with Crippen molar-refractivity contribution in [3.63, 3.8) is 0 Å². The van der Waals surface area contributed by atoms with Crippen LogP contribution >= 0.6 is 0 Å². The van der Waals surface area contributed by atoms with Crippen LogP contribution in [-0.4, -0.2) is 5.16 Å². The number of aromatic nitrogens is 1. The summed E-state index contributed by atoms with van der Waals surface area (Å²) in [6.45, 7) is 5.99. The predicted octanol–water partition coefficient (Wildman–Crippen LogP) is 1.98. The molecular formula is C8H13FN2O. The molecule has 3 nitrogen and oxygen atoms in total. The van der Waals surface area contributed by atoms with Gasteiger partial charge in [-0.05, 0) is 5.41 Å². The summed E-state index contributed by atoms with van der Waals surface area (Å²) in [4.78, 5) is 0. The van der Waals surface area contributed by atoms with Gasteiger partial charge in [0.25, 0.3) is 5.88 Å². The van der Waals surface area contributed by atoms with E-state index < -0.39 is 5.82 Å². The molecule has 0 radical (unpaired) electrons. The van der Waals surface area contributed by atoms with E-state index in [1.165, 1.54) is 0 Å². The minimum atomic E-state index is -0.523. The number of hydrogen-bond donors (Lipinski definition) is 1. The van der Waals surface area contributed by atoms with Gasteiger partial charge in [0.05, 0.1) is 0 Å². The van der Waals surface area contributed by atoms with Crippen LogP contribution in [0.25, 0.3) is 0 Å². The maximum Gasteiger partial charge on any atom is 0.258 e. The normalized spacial score (nSPS) is 12.0. The van der Waals surface area contributed by atoms with E-state index in [9.17, 15) is 4.39 Å². The minimum absolute atomic E-state index is 0.00977. The van der Waals surface area contributed by atoms with Crippen LogP contribution in [-0.2, 0) is 6.42 Å². The molecule has 0 fully saturated rings. The molecule has 0 saturated carbocycles. The van der Waals surface area contributed by atoms with Gasteiger partial charge in [-0.25, -0.2) is 0 Å². The fraction of sp³-hybridized carbons (Fsp3) is 0.625. The van der Waals surface area contributed by atoms with Gasteiger partial charge in [0, 0.05) is 6.42 Å². The summed E-state index contributed by atoms with van der Waals surface area (Å²) in [6.07, 6.45) is 0.527. The van der Waals surface area contributed by atoms with Gasteiger partial charge in [-0.3, -0.25) is 0 Å². The SMILES string of the molecule is CC(C)(C)Cc1noc(N)c1F. The van der Waals surface area contributed by atoms with E-state index in [-0.39, 0.29) is 11.3 Å². The zero-order chi connectivity index (χ0) is 9.35. The van der Waals surface area contributed by atoms with Crippen LogP contribution in [0.2, 0.25) is 0 Å². The number of rotatable bonds is 1. The average Bonchev–Trinajstić information content (AvgIpc) is 2.16. The van der Waals surface area contributed by atoms with Crippen LogP contribution < -0.4 is 5.73 Å². The van der Waals surface area contributed by atoms with Crippen molar-refractivity contribution < 1.29 is 8.91 Å². The lowest BCUT2D eigenvalue weighted by atomic mass is 9.90. The van der Waals surface area contributed by atoms with Crippen LogP contribution in [0.3, 0.4) is 0 Å². The summed E-state index contributed by atoms with van der Waals surface area (Å²) in [5.41, 5.74) is 5.45.